The van der Waals surface area contributed by atoms with Gasteiger partial charge in [-0.1, -0.05) is 60.7 Å². The molecule has 194 valence electrons. The Hall–Kier alpha value is -3.90. The highest BCUT2D eigenvalue weighted by Gasteiger charge is 2.22. The molecule has 5 aromatic rings. The minimum absolute atomic E-state index is 0.405. The minimum atomic E-state index is 0.405. The van der Waals surface area contributed by atoms with Crippen molar-refractivity contribution in [3.05, 3.63) is 84.4 Å². The maximum Gasteiger partial charge on any atom is 0.225 e. The number of anilines is 2. The van der Waals surface area contributed by atoms with Gasteiger partial charge < -0.3 is 20.5 Å². The van der Waals surface area contributed by atoms with Crippen LogP contribution in [-0.2, 0) is 6.42 Å². The molecule has 0 unspecified atom stereocenters. The summed E-state index contributed by atoms with van der Waals surface area (Å²) in [4.78, 5) is 15.4. The number of nitrogens with zero attached hydrogens (tertiary/aromatic N) is 3. The first-order valence-corrected chi connectivity index (χ1v) is 13.7. The second-order valence-corrected chi connectivity index (χ2v) is 10.6. The lowest BCUT2D eigenvalue weighted by molar-refractivity contribution is 0.355. The van der Waals surface area contributed by atoms with Crippen LogP contribution >= 0.6 is 0 Å². The second kappa shape index (κ2) is 10.8. The standard InChI is InChI=1S/C32H36N6/c1-38(2)31-27-13-7-9-15-29(27)36-32(37-31)34-24-18-16-23(17-19-24)33-21-20-26-25-12-6-8-14-28(25)35-30(26)22-10-4-3-5-11-22/h3-15,23-24,33,35H,16-21H2,1-2H3,(H,34,36,37). The third kappa shape index (κ3) is 5.09. The monoisotopic (exact) mass is 504 g/mol. The molecule has 0 radical (unpaired) electrons. The molecule has 0 atom stereocenters. The zero-order valence-corrected chi connectivity index (χ0v) is 22.2. The van der Waals surface area contributed by atoms with Crippen molar-refractivity contribution in [3.63, 3.8) is 0 Å². The van der Waals surface area contributed by atoms with Crippen LogP contribution in [0.1, 0.15) is 31.2 Å². The van der Waals surface area contributed by atoms with Crippen LogP contribution in [0.15, 0.2) is 78.9 Å². The third-order valence-corrected chi connectivity index (χ3v) is 7.75. The van der Waals surface area contributed by atoms with Gasteiger partial charge in [0.05, 0.1) is 5.52 Å². The number of fused-ring (bicyclic) bond motifs is 2. The van der Waals surface area contributed by atoms with E-state index in [-0.39, 0.29) is 0 Å². The van der Waals surface area contributed by atoms with E-state index in [4.69, 9.17) is 9.97 Å². The topological polar surface area (TPSA) is 68.9 Å². The molecule has 1 fully saturated rings. The Kier molecular flexibility index (Phi) is 6.97. The van der Waals surface area contributed by atoms with Crippen LogP contribution in [-0.4, -0.2) is 47.7 Å². The first kappa shape index (κ1) is 24.4. The Morgan fingerprint density at radius 3 is 2.26 bits per heavy atom. The Labute approximate surface area is 224 Å². The maximum atomic E-state index is 4.83. The summed E-state index contributed by atoms with van der Waals surface area (Å²) in [7, 11) is 4.07. The first-order chi connectivity index (χ1) is 18.7. The number of rotatable bonds is 8. The van der Waals surface area contributed by atoms with Crippen LogP contribution in [0.3, 0.4) is 0 Å². The van der Waals surface area contributed by atoms with Crippen LogP contribution < -0.4 is 15.5 Å². The van der Waals surface area contributed by atoms with E-state index in [0.717, 1.165) is 61.3 Å². The molecule has 1 aliphatic rings. The van der Waals surface area contributed by atoms with Gasteiger partial charge in [-0.05, 0) is 68.0 Å². The molecule has 3 N–H and O–H groups in total. The number of aromatic amines is 1. The summed E-state index contributed by atoms with van der Waals surface area (Å²) in [6.45, 7) is 0.977. The molecular formula is C32H36N6. The number of benzene rings is 3. The Bertz CT molecular complexity index is 1520. The Morgan fingerprint density at radius 1 is 0.789 bits per heavy atom. The fourth-order valence-corrected chi connectivity index (χ4v) is 5.80. The van der Waals surface area contributed by atoms with E-state index in [2.05, 4.69) is 87.2 Å². The third-order valence-electron chi connectivity index (χ3n) is 7.75. The van der Waals surface area contributed by atoms with Gasteiger partial charge in [0.15, 0.2) is 0 Å². The smallest absolute Gasteiger partial charge is 0.225 e. The molecule has 0 bridgehead atoms. The molecule has 0 spiro atoms. The van der Waals surface area contributed by atoms with Gasteiger partial charge in [0.25, 0.3) is 0 Å². The summed E-state index contributed by atoms with van der Waals surface area (Å²) < 4.78 is 0. The van der Waals surface area contributed by atoms with Gasteiger partial charge >= 0.3 is 0 Å². The summed E-state index contributed by atoms with van der Waals surface area (Å²) >= 11 is 0. The second-order valence-electron chi connectivity index (χ2n) is 10.6. The molecule has 3 aromatic carbocycles. The van der Waals surface area contributed by atoms with E-state index in [1.165, 1.54) is 27.7 Å². The summed E-state index contributed by atoms with van der Waals surface area (Å²) in [6.07, 6.45) is 5.56. The van der Waals surface area contributed by atoms with Crippen molar-refractivity contribution in [1.82, 2.24) is 20.3 Å². The van der Waals surface area contributed by atoms with E-state index >= 15 is 0 Å². The van der Waals surface area contributed by atoms with Crippen molar-refractivity contribution in [2.45, 2.75) is 44.2 Å². The van der Waals surface area contributed by atoms with Crippen LogP contribution in [0.4, 0.5) is 11.8 Å². The van der Waals surface area contributed by atoms with Crippen molar-refractivity contribution < 1.29 is 0 Å². The van der Waals surface area contributed by atoms with Gasteiger partial charge in [0, 0.05) is 48.2 Å². The number of hydrogen-bond donors (Lipinski definition) is 3. The van der Waals surface area contributed by atoms with Gasteiger partial charge in [0.2, 0.25) is 5.95 Å². The average Bonchev–Trinajstić information content (AvgIpc) is 3.32. The van der Waals surface area contributed by atoms with Crippen LogP contribution in [0.25, 0.3) is 33.1 Å². The SMILES string of the molecule is CN(C)c1nc(NC2CCC(NCCc3c(-c4ccccc4)[nH]c4ccccc34)CC2)nc2ccccc12. The number of nitrogens with one attached hydrogen (secondary N) is 3. The number of para-hydroxylation sites is 2. The molecule has 38 heavy (non-hydrogen) atoms. The summed E-state index contributed by atoms with van der Waals surface area (Å²) in [5.41, 5.74) is 6.09. The molecule has 6 rings (SSSR count). The van der Waals surface area contributed by atoms with Crippen molar-refractivity contribution in [2.75, 3.05) is 30.9 Å². The van der Waals surface area contributed by atoms with Gasteiger partial charge in [-0.15, -0.1) is 0 Å². The zero-order chi connectivity index (χ0) is 25.9. The summed E-state index contributed by atoms with van der Waals surface area (Å²) in [6, 6.07) is 28.5. The quantitative estimate of drug-likeness (QED) is 0.228. The summed E-state index contributed by atoms with van der Waals surface area (Å²) in [5.74, 6) is 1.69. The lowest BCUT2D eigenvalue weighted by Crippen LogP contribution is -2.38. The van der Waals surface area contributed by atoms with E-state index in [0.29, 0.717) is 12.1 Å². The van der Waals surface area contributed by atoms with Crippen LogP contribution in [0.2, 0.25) is 0 Å². The predicted molar refractivity (Wildman–Crippen MR) is 159 cm³/mol. The van der Waals surface area contributed by atoms with Gasteiger partial charge in [-0.2, -0.15) is 4.98 Å². The highest BCUT2D eigenvalue weighted by Crippen LogP contribution is 2.31. The Morgan fingerprint density at radius 2 is 1.47 bits per heavy atom. The lowest BCUT2D eigenvalue weighted by Gasteiger charge is -2.30. The molecule has 6 nitrogen and oxygen atoms in total. The van der Waals surface area contributed by atoms with Crippen LogP contribution in [0, 0.1) is 0 Å². The summed E-state index contributed by atoms with van der Waals surface area (Å²) in [5, 5.41) is 9.90. The zero-order valence-electron chi connectivity index (χ0n) is 22.2. The van der Waals surface area contributed by atoms with Gasteiger partial charge in [0.1, 0.15) is 5.82 Å². The van der Waals surface area contributed by atoms with Crippen molar-refractivity contribution >= 4 is 33.6 Å². The van der Waals surface area contributed by atoms with Crippen molar-refractivity contribution in [1.29, 1.82) is 0 Å². The molecule has 0 aliphatic heterocycles. The molecule has 0 amide bonds. The predicted octanol–water partition coefficient (Wildman–Crippen LogP) is 6.40. The highest BCUT2D eigenvalue weighted by molar-refractivity contribution is 5.91. The van der Waals surface area contributed by atoms with E-state index in [9.17, 15) is 0 Å². The molecule has 2 aromatic heterocycles. The Balaban J connectivity index is 1.07. The molecule has 6 heteroatoms. The van der Waals surface area contributed by atoms with E-state index in [1.807, 2.05) is 26.2 Å². The molecular weight excluding hydrogens is 468 g/mol. The fraction of sp³-hybridized carbons (Fsp3) is 0.312. The lowest BCUT2D eigenvalue weighted by atomic mass is 9.91. The minimum Gasteiger partial charge on any atom is -0.362 e. The molecule has 1 aliphatic carbocycles. The van der Waals surface area contributed by atoms with Crippen molar-refractivity contribution in [2.24, 2.45) is 0 Å². The fourth-order valence-electron chi connectivity index (χ4n) is 5.80. The molecule has 0 saturated heterocycles. The normalized spacial score (nSPS) is 17.6. The number of H-pyrrole nitrogens is 1. The molecule has 2 heterocycles. The van der Waals surface area contributed by atoms with E-state index < -0.39 is 0 Å². The molecule has 1 saturated carbocycles. The first-order valence-electron chi connectivity index (χ1n) is 13.7. The van der Waals surface area contributed by atoms with Gasteiger partial charge in [-0.25, -0.2) is 4.98 Å². The largest absolute Gasteiger partial charge is 0.362 e. The number of aromatic nitrogens is 3. The number of hydrogen-bond acceptors (Lipinski definition) is 5. The van der Waals surface area contributed by atoms with Crippen LogP contribution in [0.5, 0.6) is 0 Å². The van der Waals surface area contributed by atoms with Gasteiger partial charge in [-0.3, -0.25) is 0 Å². The average molecular weight is 505 g/mol. The highest BCUT2D eigenvalue weighted by atomic mass is 15.2. The van der Waals surface area contributed by atoms with Crippen molar-refractivity contribution in [3.8, 4) is 11.3 Å². The maximum absolute atomic E-state index is 4.83. The van der Waals surface area contributed by atoms with E-state index in [1.54, 1.807) is 0 Å².